The van der Waals surface area contributed by atoms with Gasteiger partial charge in [-0.25, -0.2) is 9.37 Å². The fourth-order valence-corrected chi connectivity index (χ4v) is 3.02. The molecule has 29 heavy (non-hydrogen) atoms. The van der Waals surface area contributed by atoms with Crippen molar-refractivity contribution >= 4 is 28.9 Å². The monoisotopic (exact) mass is 396 g/mol. The number of aromatic nitrogens is 3. The van der Waals surface area contributed by atoms with Crippen molar-refractivity contribution in [1.82, 2.24) is 14.1 Å². The number of anilines is 1. The van der Waals surface area contributed by atoms with Crippen LogP contribution in [0.15, 0.2) is 53.5 Å². The lowest BCUT2D eigenvalue weighted by atomic mass is 10.2. The highest BCUT2D eigenvalue weighted by Gasteiger charge is 2.12. The third kappa shape index (κ3) is 4.84. The van der Waals surface area contributed by atoms with Crippen molar-refractivity contribution in [2.45, 2.75) is 25.8 Å². The van der Waals surface area contributed by atoms with Crippen molar-refractivity contribution in [3.63, 3.8) is 0 Å². The Hall–Kier alpha value is -3.55. The van der Waals surface area contributed by atoms with Crippen LogP contribution in [-0.4, -0.2) is 26.3 Å². The lowest BCUT2D eigenvalue weighted by Crippen LogP contribution is -2.26. The molecule has 7 nitrogen and oxygen atoms in total. The smallest absolute Gasteiger partial charge is 0.274 e. The van der Waals surface area contributed by atoms with E-state index in [4.69, 9.17) is 0 Å². The summed E-state index contributed by atoms with van der Waals surface area (Å²) in [5, 5.41) is 2.63. The van der Waals surface area contributed by atoms with Crippen LogP contribution in [0.4, 0.5) is 10.1 Å². The topological polar surface area (TPSA) is 86.0 Å². The molecule has 0 aliphatic carbocycles. The van der Waals surface area contributed by atoms with Gasteiger partial charge in [-0.05, 0) is 43.2 Å². The summed E-state index contributed by atoms with van der Waals surface area (Å²) in [6.07, 6.45) is 6.82. The molecule has 1 N–H and O–H groups in total. The minimum atomic E-state index is -0.370. The van der Waals surface area contributed by atoms with E-state index in [9.17, 15) is 18.8 Å². The number of hydrogen-bond acceptors (Lipinski definition) is 4. The standard InChI is InChI=1S/C21H21FN4O3/c1-25-18-10-9-15(22)13-17(18)23-19(25)14-26-11-6-7-16(21(26)29)24-20(28)8-4-2-3-5-12-27/h3,5-7,9-13H,2,4,8,14H2,1H3,(H,24,28)/b5-3+. The van der Waals surface area contributed by atoms with Crippen LogP contribution in [0.25, 0.3) is 11.0 Å². The number of amides is 1. The Labute approximate surface area is 166 Å². The highest BCUT2D eigenvalue weighted by Crippen LogP contribution is 2.16. The van der Waals surface area contributed by atoms with Gasteiger partial charge in [0.05, 0.1) is 17.6 Å². The van der Waals surface area contributed by atoms with Gasteiger partial charge in [-0.15, -0.1) is 0 Å². The Kier molecular flexibility index (Phi) is 6.33. The third-order valence-corrected chi connectivity index (χ3v) is 4.53. The molecule has 2 heterocycles. The Morgan fingerprint density at radius 3 is 2.93 bits per heavy atom. The summed E-state index contributed by atoms with van der Waals surface area (Å²) >= 11 is 0. The highest BCUT2D eigenvalue weighted by atomic mass is 19.1. The van der Waals surface area contributed by atoms with E-state index in [1.54, 1.807) is 42.1 Å². The van der Waals surface area contributed by atoms with E-state index in [1.807, 2.05) is 0 Å². The number of nitrogens with zero attached hydrogens (tertiary/aromatic N) is 3. The molecule has 0 saturated heterocycles. The molecule has 1 amide bonds. The Morgan fingerprint density at radius 1 is 1.31 bits per heavy atom. The summed E-state index contributed by atoms with van der Waals surface area (Å²) < 4.78 is 16.7. The molecular formula is C21H21FN4O3. The lowest BCUT2D eigenvalue weighted by molar-refractivity contribution is -0.116. The van der Waals surface area contributed by atoms with Crippen molar-refractivity contribution in [3.8, 4) is 0 Å². The van der Waals surface area contributed by atoms with Gasteiger partial charge >= 0.3 is 0 Å². The number of unbranched alkanes of at least 4 members (excludes halogenated alkanes) is 1. The first-order chi connectivity index (χ1) is 14.0. The maximum Gasteiger partial charge on any atom is 0.274 e. The molecule has 3 rings (SSSR count). The largest absolute Gasteiger partial charge is 0.330 e. The minimum absolute atomic E-state index is 0.186. The van der Waals surface area contributed by atoms with Gasteiger partial charge in [0.15, 0.2) is 0 Å². The van der Waals surface area contributed by atoms with Gasteiger partial charge in [-0.1, -0.05) is 6.08 Å². The summed E-state index contributed by atoms with van der Waals surface area (Å²) in [6.45, 7) is 0.186. The summed E-state index contributed by atoms with van der Waals surface area (Å²) in [6, 6.07) is 7.58. The van der Waals surface area contributed by atoms with Crippen molar-refractivity contribution in [1.29, 1.82) is 0 Å². The SMILES string of the molecule is Cn1c(Cn2cccc(NC(=O)CCC/C=C/C=O)c2=O)nc2cc(F)ccc21. The number of fused-ring (bicyclic) bond motifs is 1. The van der Waals surface area contributed by atoms with Gasteiger partial charge in [0.25, 0.3) is 5.56 Å². The van der Waals surface area contributed by atoms with Crippen molar-refractivity contribution in [2.24, 2.45) is 7.05 Å². The number of imidazole rings is 1. The second kappa shape index (κ2) is 9.09. The average molecular weight is 396 g/mol. The van der Waals surface area contributed by atoms with Crippen molar-refractivity contribution < 1.29 is 14.0 Å². The van der Waals surface area contributed by atoms with Crippen molar-refractivity contribution in [3.05, 3.63) is 70.7 Å². The van der Waals surface area contributed by atoms with Crippen LogP contribution in [0.5, 0.6) is 0 Å². The third-order valence-electron chi connectivity index (χ3n) is 4.53. The molecule has 1 aromatic carbocycles. The van der Waals surface area contributed by atoms with Crippen LogP contribution in [0, 0.1) is 5.82 Å². The minimum Gasteiger partial charge on any atom is -0.330 e. The number of hydrogen-bond donors (Lipinski definition) is 1. The number of allylic oxidation sites excluding steroid dienone is 2. The van der Waals surface area contributed by atoms with E-state index in [1.165, 1.54) is 22.8 Å². The van der Waals surface area contributed by atoms with Crippen LogP contribution in [0.1, 0.15) is 25.1 Å². The zero-order valence-corrected chi connectivity index (χ0v) is 16.0. The molecule has 0 fully saturated rings. The van der Waals surface area contributed by atoms with Gasteiger partial charge in [-0.3, -0.25) is 14.4 Å². The number of benzene rings is 1. The van der Waals surface area contributed by atoms with Crippen LogP contribution in [-0.2, 0) is 23.2 Å². The van der Waals surface area contributed by atoms with Gasteiger partial charge in [0.2, 0.25) is 5.91 Å². The molecule has 0 spiro atoms. The zero-order valence-electron chi connectivity index (χ0n) is 16.0. The van der Waals surface area contributed by atoms with Gasteiger partial charge < -0.3 is 14.5 Å². The fourth-order valence-electron chi connectivity index (χ4n) is 3.02. The van der Waals surface area contributed by atoms with Crippen LogP contribution in [0.3, 0.4) is 0 Å². The molecule has 0 unspecified atom stereocenters. The molecule has 0 aliphatic heterocycles. The van der Waals surface area contributed by atoms with Crippen molar-refractivity contribution in [2.75, 3.05) is 5.32 Å². The summed E-state index contributed by atoms with van der Waals surface area (Å²) in [5.74, 6) is -0.0404. The Morgan fingerprint density at radius 2 is 2.14 bits per heavy atom. The molecule has 0 bridgehead atoms. The molecule has 0 atom stereocenters. The molecule has 150 valence electrons. The maximum atomic E-state index is 13.4. The lowest BCUT2D eigenvalue weighted by Gasteiger charge is -2.09. The number of rotatable bonds is 8. The van der Waals surface area contributed by atoms with Crippen LogP contribution in [0.2, 0.25) is 0 Å². The first kappa shape index (κ1) is 20.2. The van der Waals surface area contributed by atoms with E-state index < -0.39 is 0 Å². The number of halogens is 1. The number of pyridine rings is 1. The van der Waals surface area contributed by atoms with Gasteiger partial charge in [0.1, 0.15) is 23.6 Å². The maximum absolute atomic E-state index is 13.4. The molecule has 3 aromatic rings. The van der Waals surface area contributed by atoms with E-state index in [-0.39, 0.29) is 35.9 Å². The quantitative estimate of drug-likeness (QED) is 0.360. The summed E-state index contributed by atoms with van der Waals surface area (Å²) in [5.41, 5.74) is 1.12. The first-order valence-electron chi connectivity index (χ1n) is 9.20. The second-order valence-electron chi connectivity index (χ2n) is 6.58. The molecule has 0 aliphatic rings. The number of aldehydes is 1. The highest BCUT2D eigenvalue weighted by molar-refractivity contribution is 5.90. The van der Waals surface area contributed by atoms with Crippen LogP contribution < -0.4 is 10.9 Å². The second-order valence-corrected chi connectivity index (χ2v) is 6.58. The van der Waals surface area contributed by atoms with E-state index in [2.05, 4.69) is 10.3 Å². The first-order valence-corrected chi connectivity index (χ1v) is 9.20. The Bertz CT molecular complexity index is 1130. The molecular weight excluding hydrogens is 375 g/mol. The molecule has 8 heteroatoms. The molecule has 2 aromatic heterocycles. The summed E-state index contributed by atoms with van der Waals surface area (Å²) in [4.78, 5) is 39.4. The van der Waals surface area contributed by atoms with E-state index in [0.717, 1.165) is 5.52 Å². The number of nitrogens with one attached hydrogen (secondary N) is 1. The number of carbonyl (C=O) groups is 2. The number of aryl methyl sites for hydroxylation is 1. The van der Waals surface area contributed by atoms with Crippen LogP contribution >= 0.6 is 0 Å². The van der Waals surface area contributed by atoms with Gasteiger partial charge in [-0.2, -0.15) is 0 Å². The zero-order chi connectivity index (χ0) is 20.8. The van der Waals surface area contributed by atoms with E-state index in [0.29, 0.717) is 30.5 Å². The van der Waals surface area contributed by atoms with Gasteiger partial charge in [0, 0.05) is 25.7 Å². The predicted octanol–water partition coefficient (Wildman–Crippen LogP) is 2.79. The Balaban J connectivity index is 1.73. The summed E-state index contributed by atoms with van der Waals surface area (Å²) in [7, 11) is 1.80. The predicted molar refractivity (Wildman–Crippen MR) is 108 cm³/mol. The number of carbonyl (C=O) groups excluding carboxylic acids is 2. The average Bonchev–Trinajstić information content (AvgIpc) is 2.99. The fraction of sp³-hybridized carbons (Fsp3) is 0.238. The molecule has 0 radical (unpaired) electrons. The van der Waals surface area contributed by atoms with E-state index >= 15 is 0 Å². The molecule has 0 saturated carbocycles. The normalized spacial score (nSPS) is 11.2.